The number of hydrogen-bond donors (Lipinski definition) is 1. The fourth-order valence-electron chi connectivity index (χ4n) is 4.96. The predicted molar refractivity (Wildman–Crippen MR) is 91.1 cm³/mol. The topological polar surface area (TPSA) is 20.2 Å². The maximum absolute atomic E-state index is 10.3. The molecule has 0 spiro atoms. The molecule has 5 atom stereocenters. The van der Waals surface area contributed by atoms with Crippen molar-refractivity contribution in [2.45, 2.75) is 78.7 Å². The third kappa shape index (κ3) is 2.86. The van der Waals surface area contributed by atoms with Gasteiger partial charge in [-0.15, -0.1) is 6.58 Å². The molecule has 1 fully saturated rings. The maximum atomic E-state index is 10.3. The van der Waals surface area contributed by atoms with E-state index in [1.54, 1.807) is 11.6 Å². The van der Waals surface area contributed by atoms with Gasteiger partial charge in [-0.1, -0.05) is 38.5 Å². The summed E-state index contributed by atoms with van der Waals surface area (Å²) in [5, 5.41) is 10.3. The lowest BCUT2D eigenvalue weighted by molar-refractivity contribution is -0.0582. The summed E-state index contributed by atoms with van der Waals surface area (Å²) in [6.07, 6.45) is 11.3. The van der Waals surface area contributed by atoms with E-state index in [9.17, 15) is 5.11 Å². The van der Waals surface area contributed by atoms with Crippen molar-refractivity contribution in [2.24, 2.45) is 22.7 Å². The second-order valence-corrected chi connectivity index (χ2v) is 8.44. The zero-order chi connectivity index (χ0) is 15.9. The van der Waals surface area contributed by atoms with Crippen LogP contribution in [0.2, 0.25) is 0 Å². The predicted octanol–water partition coefficient (Wildman–Crippen LogP) is 5.50. The monoisotopic (exact) mass is 290 g/mol. The minimum absolute atomic E-state index is 0.329. The molecule has 0 heterocycles. The summed E-state index contributed by atoms with van der Waals surface area (Å²) in [6.45, 7) is 15.4. The standard InChI is InChI=1S/C20H34O/c1-7-18(4,21)13-14-20(6)16(3)11-12-19(5)15(2)9-8-10-17(19)20/h7,9,16-17,21H,1,8,10-14H2,2-6H3/t16-,17+,18+,19+,20+/m1/s1. The van der Waals surface area contributed by atoms with Gasteiger partial charge in [0.25, 0.3) is 0 Å². The molecule has 21 heavy (non-hydrogen) atoms. The molecule has 0 radical (unpaired) electrons. The molecule has 2 aliphatic carbocycles. The first-order chi connectivity index (χ1) is 9.66. The number of hydrogen-bond acceptors (Lipinski definition) is 1. The molecule has 0 unspecified atom stereocenters. The van der Waals surface area contributed by atoms with E-state index in [1.165, 1.54) is 25.7 Å². The summed E-state index contributed by atoms with van der Waals surface area (Å²) in [6, 6.07) is 0. The third-order valence-corrected chi connectivity index (χ3v) is 7.20. The van der Waals surface area contributed by atoms with Crippen LogP contribution in [0.3, 0.4) is 0 Å². The van der Waals surface area contributed by atoms with Gasteiger partial charge in [0, 0.05) is 0 Å². The average Bonchev–Trinajstić information content (AvgIpc) is 2.44. The van der Waals surface area contributed by atoms with Crippen LogP contribution >= 0.6 is 0 Å². The van der Waals surface area contributed by atoms with Gasteiger partial charge in [-0.2, -0.15) is 0 Å². The van der Waals surface area contributed by atoms with Crippen molar-refractivity contribution in [3.8, 4) is 0 Å². The van der Waals surface area contributed by atoms with Crippen LogP contribution in [0.4, 0.5) is 0 Å². The van der Waals surface area contributed by atoms with E-state index in [1.807, 2.05) is 6.92 Å². The van der Waals surface area contributed by atoms with Gasteiger partial charge in [0.05, 0.1) is 5.60 Å². The van der Waals surface area contributed by atoms with Gasteiger partial charge in [0.15, 0.2) is 0 Å². The summed E-state index contributed by atoms with van der Waals surface area (Å²) in [5.41, 5.74) is 1.58. The Morgan fingerprint density at radius 2 is 2.10 bits per heavy atom. The normalized spacial score (nSPS) is 42.7. The molecule has 2 aliphatic rings. The van der Waals surface area contributed by atoms with Crippen molar-refractivity contribution in [1.29, 1.82) is 0 Å². The lowest BCUT2D eigenvalue weighted by atomic mass is 9.47. The smallest absolute Gasteiger partial charge is 0.0797 e. The van der Waals surface area contributed by atoms with Crippen LogP contribution in [0.5, 0.6) is 0 Å². The fraction of sp³-hybridized carbons (Fsp3) is 0.800. The van der Waals surface area contributed by atoms with Crippen molar-refractivity contribution < 1.29 is 5.11 Å². The van der Waals surface area contributed by atoms with Gasteiger partial charge in [0.2, 0.25) is 0 Å². The highest BCUT2D eigenvalue weighted by Crippen LogP contribution is 2.61. The lowest BCUT2D eigenvalue weighted by Gasteiger charge is -2.58. The highest BCUT2D eigenvalue weighted by atomic mass is 16.3. The summed E-state index contributed by atoms with van der Waals surface area (Å²) in [7, 11) is 0. The second-order valence-electron chi connectivity index (χ2n) is 8.44. The molecule has 1 N–H and O–H groups in total. The largest absolute Gasteiger partial charge is 0.386 e. The highest BCUT2D eigenvalue weighted by molar-refractivity contribution is 5.20. The van der Waals surface area contributed by atoms with Crippen LogP contribution in [0, 0.1) is 22.7 Å². The van der Waals surface area contributed by atoms with Gasteiger partial charge < -0.3 is 5.11 Å². The SMILES string of the molecule is C=C[C@](C)(O)CC[C@@]1(C)[C@H](C)CC[C@@]2(C)C(C)=CCC[C@H]12. The first-order valence-electron chi connectivity index (χ1n) is 8.69. The molecule has 120 valence electrons. The Hall–Kier alpha value is -0.560. The number of aliphatic hydroxyl groups is 1. The highest BCUT2D eigenvalue weighted by Gasteiger charge is 2.53. The van der Waals surface area contributed by atoms with Gasteiger partial charge in [-0.25, -0.2) is 0 Å². The minimum Gasteiger partial charge on any atom is -0.386 e. The molecule has 1 saturated carbocycles. The van der Waals surface area contributed by atoms with Gasteiger partial charge in [-0.05, 0) is 75.0 Å². The number of fused-ring (bicyclic) bond motifs is 1. The first-order valence-corrected chi connectivity index (χ1v) is 8.69. The number of rotatable bonds is 4. The third-order valence-electron chi connectivity index (χ3n) is 7.20. The lowest BCUT2D eigenvalue weighted by Crippen LogP contribution is -2.50. The Balaban J connectivity index is 2.27. The van der Waals surface area contributed by atoms with Crippen LogP contribution in [-0.2, 0) is 0 Å². The van der Waals surface area contributed by atoms with Crippen molar-refractivity contribution in [3.63, 3.8) is 0 Å². The zero-order valence-corrected chi connectivity index (χ0v) is 14.7. The van der Waals surface area contributed by atoms with Crippen LogP contribution in [0.1, 0.15) is 73.1 Å². The van der Waals surface area contributed by atoms with Crippen molar-refractivity contribution in [2.75, 3.05) is 0 Å². The molecule has 0 aromatic rings. The van der Waals surface area contributed by atoms with E-state index in [0.717, 1.165) is 24.7 Å². The maximum Gasteiger partial charge on any atom is 0.0797 e. The van der Waals surface area contributed by atoms with E-state index in [-0.39, 0.29) is 0 Å². The van der Waals surface area contributed by atoms with Gasteiger partial charge in [-0.3, -0.25) is 0 Å². The molecule has 0 aromatic heterocycles. The van der Waals surface area contributed by atoms with E-state index in [4.69, 9.17) is 0 Å². The molecule has 0 bridgehead atoms. The van der Waals surface area contributed by atoms with Gasteiger partial charge in [0.1, 0.15) is 0 Å². The minimum atomic E-state index is -0.726. The van der Waals surface area contributed by atoms with E-state index < -0.39 is 5.60 Å². The molecule has 1 heteroatoms. The van der Waals surface area contributed by atoms with Crippen molar-refractivity contribution in [3.05, 3.63) is 24.3 Å². The Morgan fingerprint density at radius 3 is 2.71 bits per heavy atom. The first kappa shape index (κ1) is 16.8. The zero-order valence-electron chi connectivity index (χ0n) is 14.7. The van der Waals surface area contributed by atoms with E-state index in [0.29, 0.717) is 10.8 Å². The fourth-order valence-corrected chi connectivity index (χ4v) is 4.96. The second kappa shape index (κ2) is 5.57. The average molecular weight is 290 g/mol. The van der Waals surface area contributed by atoms with Crippen LogP contribution in [0.25, 0.3) is 0 Å². The number of allylic oxidation sites excluding steroid dienone is 2. The van der Waals surface area contributed by atoms with Crippen molar-refractivity contribution in [1.82, 2.24) is 0 Å². The Labute approximate surface area is 131 Å². The Bertz CT molecular complexity index is 433. The van der Waals surface area contributed by atoms with Crippen LogP contribution < -0.4 is 0 Å². The molecule has 0 aromatic carbocycles. The Morgan fingerprint density at radius 1 is 1.43 bits per heavy atom. The molecule has 0 aliphatic heterocycles. The van der Waals surface area contributed by atoms with E-state index >= 15 is 0 Å². The molecular formula is C20H34O. The summed E-state index contributed by atoms with van der Waals surface area (Å²) < 4.78 is 0. The molecule has 0 amide bonds. The molecule has 2 rings (SSSR count). The van der Waals surface area contributed by atoms with Crippen LogP contribution in [0.15, 0.2) is 24.3 Å². The van der Waals surface area contributed by atoms with Gasteiger partial charge >= 0.3 is 0 Å². The summed E-state index contributed by atoms with van der Waals surface area (Å²) >= 11 is 0. The van der Waals surface area contributed by atoms with Crippen LogP contribution in [-0.4, -0.2) is 10.7 Å². The van der Waals surface area contributed by atoms with Crippen molar-refractivity contribution >= 4 is 0 Å². The molecule has 0 saturated heterocycles. The summed E-state index contributed by atoms with van der Waals surface area (Å²) in [4.78, 5) is 0. The quantitative estimate of drug-likeness (QED) is 0.678. The summed E-state index contributed by atoms with van der Waals surface area (Å²) in [5.74, 6) is 1.49. The molecule has 1 nitrogen and oxygen atoms in total. The Kier molecular flexibility index (Phi) is 4.46. The van der Waals surface area contributed by atoms with E-state index in [2.05, 4.69) is 40.3 Å². The molecular weight excluding hydrogens is 256 g/mol.